The molecule has 1 saturated heterocycles. The second-order valence-electron chi connectivity index (χ2n) is 4.24. The molecule has 82 valence electrons. The molecular weight excluding hydrogens is 188 g/mol. The fourth-order valence-corrected chi connectivity index (χ4v) is 1.92. The zero-order valence-corrected chi connectivity index (χ0v) is 8.87. The highest BCUT2D eigenvalue weighted by Gasteiger charge is 2.30. The minimum atomic E-state index is -0.547. The van der Waals surface area contributed by atoms with E-state index < -0.39 is 5.60 Å². The van der Waals surface area contributed by atoms with E-state index in [-0.39, 0.29) is 0 Å². The summed E-state index contributed by atoms with van der Waals surface area (Å²) in [5, 5.41) is 16.5. The molecule has 0 saturated carbocycles. The molecule has 3 nitrogen and oxygen atoms in total. The highest BCUT2D eigenvalue weighted by atomic mass is 16.3. The summed E-state index contributed by atoms with van der Waals surface area (Å²) >= 11 is 0. The highest BCUT2D eigenvalue weighted by Crippen LogP contribution is 2.12. The van der Waals surface area contributed by atoms with Crippen LogP contribution < -0.4 is 10.6 Å². The number of benzene rings is 1. The zero-order valence-electron chi connectivity index (χ0n) is 8.87. The first-order valence-electron chi connectivity index (χ1n) is 5.46. The number of hydrogen-bond donors (Lipinski definition) is 3. The average Bonchev–Trinajstić information content (AvgIpc) is 2.67. The van der Waals surface area contributed by atoms with Crippen molar-refractivity contribution in [2.75, 3.05) is 19.6 Å². The second kappa shape index (κ2) is 4.75. The van der Waals surface area contributed by atoms with Gasteiger partial charge in [0.2, 0.25) is 0 Å². The van der Waals surface area contributed by atoms with Gasteiger partial charge in [-0.25, -0.2) is 0 Å². The van der Waals surface area contributed by atoms with E-state index in [0.717, 1.165) is 19.5 Å². The summed E-state index contributed by atoms with van der Waals surface area (Å²) in [4.78, 5) is 0. The van der Waals surface area contributed by atoms with Gasteiger partial charge in [0.15, 0.2) is 0 Å². The first-order chi connectivity index (χ1) is 7.29. The average molecular weight is 206 g/mol. The lowest BCUT2D eigenvalue weighted by Gasteiger charge is -2.21. The van der Waals surface area contributed by atoms with Gasteiger partial charge < -0.3 is 15.7 Å². The third-order valence-electron chi connectivity index (χ3n) is 2.85. The molecule has 1 aliphatic heterocycles. The molecule has 1 fully saturated rings. The van der Waals surface area contributed by atoms with Crippen molar-refractivity contribution in [3.63, 3.8) is 0 Å². The van der Waals surface area contributed by atoms with Crippen LogP contribution in [-0.4, -0.2) is 30.3 Å². The Hall–Kier alpha value is -0.900. The lowest BCUT2D eigenvalue weighted by molar-refractivity contribution is 0.0609. The highest BCUT2D eigenvalue weighted by molar-refractivity contribution is 5.14. The van der Waals surface area contributed by atoms with E-state index in [1.54, 1.807) is 0 Å². The summed E-state index contributed by atoms with van der Waals surface area (Å²) in [6.45, 7) is 3.11. The second-order valence-corrected chi connectivity index (χ2v) is 4.24. The molecule has 15 heavy (non-hydrogen) atoms. The number of β-amino-alcohol motifs (C(OH)–C–C–N with tert-alkyl or cyclic N) is 1. The van der Waals surface area contributed by atoms with E-state index in [2.05, 4.69) is 22.8 Å². The van der Waals surface area contributed by atoms with Crippen LogP contribution in [0, 0.1) is 0 Å². The maximum absolute atomic E-state index is 10.0. The standard InChI is InChI=1S/C12H18N2O/c15-12(6-7-13-9-12)10-14-8-11-4-2-1-3-5-11/h1-5,13-15H,6-10H2. The topological polar surface area (TPSA) is 44.3 Å². The Morgan fingerprint density at radius 1 is 1.33 bits per heavy atom. The molecule has 1 aromatic carbocycles. The van der Waals surface area contributed by atoms with Crippen molar-refractivity contribution in [3.8, 4) is 0 Å². The smallest absolute Gasteiger partial charge is 0.0907 e. The van der Waals surface area contributed by atoms with Crippen LogP contribution in [-0.2, 0) is 6.54 Å². The van der Waals surface area contributed by atoms with Crippen LogP contribution >= 0.6 is 0 Å². The number of hydrogen-bond acceptors (Lipinski definition) is 3. The minimum Gasteiger partial charge on any atom is -0.387 e. The van der Waals surface area contributed by atoms with Gasteiger partial charge in [-0.15, -0.1) is 0 Å². The van der Waals surface area contributed by atoms with E-state index >= 15 is 0 Å². The lowest BCUT2D eigenvalue weighted by Crippen LogP contribution is -2.42. The van der Waals surface area contributed by atoms with Gasteiger partial charge in [-0.2, -0.15) is 0 Å². The molecule has 0 aromatic heterocycles. The van der Waals surface area contributed by atoms with Gasteiger partial charge in [0.25, 0.3) is 0 Å². The van der Waals surface area contributed by atoms with Crippen LogP contribution in [0.1, 0.15) is 12.0 Å². The molecule has 3 heteroatoms. The number of nitrogens with one attached hydrogen (secondary N) is 2. The summed E-state index contributed by atoms with van der Waals surface area (Å²) in [6.07, 6.45) is 0.842. The number of rotatable bonds is 4. The van der Waals surface area contributed by atoms with E-state index in [9.17, 15) is 5.11 Å². The largest absolute Gasteiger partial charge is 0.387 e. The van der Waals surface area contributed by atoms with E-state index in [1.165, 1.54) is 5.56 Å². The molecule has 1 aromatic rings. The normalized spacial score (nSPS) is 25.7. The summed E-state index contributed by atoms with van der Waals surface area (Å²) in [6, 6.07) is 10.2. The molecule has 1 unspecified atom stereocenters. The third-order valence-corrected chi connectivity index (χ3v) is 2.85. The molecule has 1 atom stereocenters. The molecule has 0 amide bonds. The monoisotopic (exact) mass is 206 g/mol. The van der Waals surface area contributed by atoms with Gasteiger partial charge in [0, 0.05) is 19.6 Å². The van der Waals surface area contributed by atoms with Crippen LogP contribution in [0.5, 0.6) is 0 Å². The van der Waals surface area contributed by atoms with Crippen molar-refractivity contribution in [1.29, 1.82) is 0 Å². The van der Waals surface area contributed by atoms with Crippen molar-refractivity contribution >= 4 is 0 Å². The Bertz CT molecular complexity index is 294. The molecule has 3 N–H and O–H groups in total. The molecular formula is C12H18N2O. The molecule has 0 radical (unpaired) electrons. The van der Waals surface area contributed by atoms with Gasteiger partial charge in [0.1, 0.15) is 0 Å². The Labute approximate surface area is 90.5 Å². The Balaban J connectivity index is 1.75. The number of aliphatic hydroxyl groups is 1. The maximum Gasteiger partial charge on any atom is 0.0907 e. The van der Waals surface area contributed by atoms with Crippen molar-refractivity contribution in [2.24, 2.45) is 0 Å². The predicted molar refractivity (Wildman–Crippen MR) is 60.6 cm³/mol. The quantitative estimate of drug-likeness (QED) is 0.672. The van der Waals surface area contributed by atoms with Gasteiger partial charge in [-0.1, -0.05) is 30.3 Å². The first-order valence-corrected chi connectivity index (χ1v) is 5.46. The molecule has 1 heterocycles. The van der Waals surface area contributed by atoms with Crippen LogP contribution in [0.25, 0.3) is 0 Å². The summed E-state index contributed by atoms with van der Waals surface area (Å²) in [5.74, 6) is 0. The summed E-state index contributed by atoms with van der Waals surface area (Å²) in [7, 11) is 0. The lowest BCUT2D eigenvalue weighted by atomic mass is 10.0. The van der Waals surface area contributed by atoms with Gasteiger partial charge in [-0.05, 0) is 18.5 Å². The Morgan fingerprint density at radius 2 is 2.13 bits per heavy atom. The van der Waals surface area contributed by atoms with E-state index in [0.29, 0.717) is 13.1 Å². The van der Waals surface area contributed by atoms with Crippen LogP contribution in [0.2, 0.25) is 0 Å². The van der Waals surface area contributed by atoms with Crippen molar-refractivity contribution < 1.29 is 5.11 Å². The Kier molecular flexibility index (Phi) is 3.36. The van der Waals surface area contributed by atoms with E-state index in [1.807, 2.05) is 18.2 Å². The van der Waals surface area contributed by atoms with Crippen molar-refractivity contribution in [2.45, 2.75) is 18.6 Å². The predicted octanol–water partition coefficient (Wildman–Crippen LogP) is 0.501. The fraction of sp³-hybridized carbons (Fsp3) is 0.500. The third kappa shape index (κ3) is 3.02. The first kappa shape index (κ1) is 10.6. The zero-order chi connectivity index (χ0) is 10.6. The molecule has 0 spiro atoms. The maximum atomic E-state index is 10.0. The van der Waals surface area contributed by atoms with Gasteiger partial charge in [0.05, 0.1) is 5.60 Å². The van der Waals surface area contributed by atoms with Crippen LogP contribution in [0.3, 0.4) is 0 Å². The summed E-state index contributed by atoms with van der Waals surface area (Å²) < 4.78 is 0. The van der Waals surface area contributed by atoms with Crippen molar-refractivity contribution in [1.82, 2.24) is 10.6 Å². The van der Waals surface area contributed by atoms with E-state index in [4.69, 9.17) is 0 Å². The SMILES string of the molecule is OC1(CNCc2ccccc2)CCNC1. The van der Waals surface area contributed by atoms with Crippen molar-refractivity contribution in [3.05, 3.63) is 35.9 Å². The molecule has 2 rings (SSSR count). The molecule has 0 bridgehead atoms. The molecule has 0 aliphatic carbocycles. The summed E-state index contributed by atoms with van der Waals surface area (Å²) in [5.41, 5.74) is 0.710. The molecule has 1 aliphatic rings. The van der Waals surface area contributed by atoms with Gasteiger partial charge >= 0.3 is 0 Å². The minimum absolute atomic E-state index is 0.547. The fourth-order valence-electron chi connectivity index (χ4n) is 1.92. The van der Waals surface area contributed by atoms with Crippen LogP contribution in [0.4, 0.5) is 0 Å². The Morgan fingerprint density at radius 3 is 2.80 bits per heavy atom. The van der Waals surface area contributed by atoms with Gasteiger partial charge in [-0.3, -0.25) is 0 Å². The van der Waals surface area contributed by atoms with Crippen LogP contribution in [0.15, 0.2) is 30.3 Å².